The van der Waals surface area contributed by atoms with Crippen LogP contribution in [0, 0.1) is 6.92 Å². The molecule has 0 spiro atoms. The molecule has 0 aliphatic heterocycles. The zero-order valence-corrected chi connectivity index (χ0v) is 20.3. The lowest BCUT2D eigenvalue weighted by Gasteiger charge is -2.08. The Morgan fingerprint density at radius 3 is 2.09 bits per heavy atom. The highest BCUT2D eigenvalue weighted by molar-refractivity contribution is 7.99. The predicted molar refractivity (Wildman–Crippen MR) is 135 cm³/mol. The van der Waals surface area contributed by atoms with Gasteiger partial charge in [-0.1, -0.05) is 83.8 Å². The van der Waals surface area contributed by atoms with Gasteiger partial charge in [0.1, 0.15) is 4.88 Å². The van der Waals surface area contributed by atoms with Gasteiger partial charge in [0.2, 0.25) is 5.91 Å². The van der Waals surface area contributed by atoms with E-state index in [4.69, 9.17) is 4.74 Å². The lowest BCUT2D eigenvalue weighted by molar-refractivity contribution is -0.113. The van der Waals surface area contributed by atoms with Gasteiger partial charge in [-0.2, -0.15) is 0 Å². The second-order valence-electron chi connectivity index (χ2n) is 7.14. The summed E-state index contributed by atoms with van der Waals surface area (Å²) in [7, 11) is 0. The molecule has 4 rings (SSSR count). The Labute approximate surface area is 205 Å². The third-order valence-corrected chi connectivity index (χ3v) is 6.58. The zero-order valence-electron chi connectivity index (χ0n) is 18.6. The van der Waals surface area contributed by atoms with E-state index in [0.717, 1.165) is 33.9 Å². The number of anilines is 1. The maximum absolute atomic E-state index is 12.6. The summed E-state index contributed by atoms with van der Waals surface area (Å²) in [5, 5.41) is 3.60. The molecule has 4 aromatic rings. The first kappa shape index (κ1) is 23.6. The highest BCUT2D eigenvalue weighted by atomic mass is 32.2. The molecule has 0 saturated carbocycles. The molecule has 1 amide bonds. The van der Waals surface area contributed by atoms with Crippen molar-refractivity contribution in [2.45, 2.75) is 19.0 Å². The van der Waals surface area contributed by atoms with Crippen molar-refractivity contribution in [3.8, 4) is 22.5 Å². The largest absolute Gasteiger partial charge is 0.462 e. The van der Waals surface area contributed by atoms with Gasteiger partial charge in [0.25, 0.3) is 0 Å². The van der Waals surface area contributed by atoms with Crippen LogP contribution in [0.25, 0.3) is 22.5 Å². The van der Waals surface area contributed by atoms with Crippen LogP contribution in [0.15, 0.2) is 71.9 Å². The normalized spacial score (nSPS) is 10.6. The van der Waals surface area contributed by atoms with E-state index in [2.05, 4.69) is 20.3 Å². The minimum Gasteiger partial charge on any atom is -0.462 e. The molecule has 0 atom stereocenters. The Hall–Kier alpha value is -3.56. The average Bonchev–Trinajstić information content (AvgIpc) is 3.23. The SMILES string of the molecule is CCOC(=O)c1sc(NC(=O)CSc2nc(-c3ccccc3)cc(-c3ccccc3)n2)nc1C. The fraction of sp³-hybridized carbons (Fsp3) is 0.160. The highest BCUT2D eigenvalue weighted by Crippen LogP contribution is 2.27. The molecule has 1 N–H and O–H groups in total. The molecule has 172 valence electrons. The predicted octanol–water partition coefficient (Wildman–Crippen LogP) is 5.48. The molecular formula is C25H22N4O3S2. The van der Waals surface area contributed by atoms with Crippen molar-refractivity contribution in [2.75, 3.05) is 17.7 Å². The second-order valence-corrected chi connectivity index (χ2v) is 9.09. The van der Waals surface area contributed by atoms with Crippen molar-refractivity contribution in [2.24, 2.45) is 0 Å². The van der Waals surface area contributed by atoms with Gasteiger partial charge in [0.15, 0.2) is 10.3 Å². The number of hydrogen-bond donors (Lipinski definition) is 1. The molecule has 34 heavy (non-hydrogen) atoms. The summed E-state index contributed by atoms with van der Waals surface area (Å²) in [5.74, 6) is -0.601. The van der Waals surface area contributed by atoms with Gasteiger partial charge < -0.3 is 10.1 Å². The molecule has 0 saturated heterocycles. The van der Waals surface area contributed by atoms with Gasteiger partial charge in [-0.25, -0.2) is 19.7 Å². The topological polar surface area (TPSA) is 94.1 Å². The molecule has 0 bridgehead atoms. The Morgan fingerprint density at radius 1 is 0.941 bits per heavy atom. The quantitative estimate of drug-likeness (QED) is 0.198. The smallest absolute Gasteiger partial charge is 0.350 e. The summed E-state index contributed by atoms with van der Waals surface area (Å²) in [6.07, 6.45) is 0. The summed E-state index contributed by atoms with van der Waals surface area (Å²) < 4.78 is 5.03. The Morgan fingerprint density at radius 2 is 1.53 bits per heavy atom. The molecular weight excluding hydrogens is 468 g/mol. The van der Waals surface area contributed by atoms with Crippen LogP contribution in [-0.2, 0) is 9.53 Å². The maximum atomic E-state index is 12.6. The van der Waals surface area contributed by atoms with Gasteiger partial charge in [0.05, 0.1) is 29.4 Å². The summed E-state index contributed by atoms with van der Waals surface area (Å²) in [6.45, 7) is 3.73. The number of rotatable bonds is 8. The van der Waals surface area contributed by atoms with E-state index < -0.39 is 5.97 Å². The van der Waals surface area contributed by atoms with Crippen molar-refractivity contribution in [3.05, 3.63) is 77.3 Å². The van der Waals surface area contributed by atoms with Crippen molar-refractivity contribution in [3.63, 3.8) is 0 Å². The fourth-order valence-corrected chi connectivity index (χ4v) is 4.66. The highest BCUT2D eigenvalue weighted by Gasteiger charge is 2.18. The van der Waals surface area contributed by atoms with Crippen molar-refractivity contribution in [1.82, 2.24) is 15.0 Å². The van der Waals surface area contributed by atoms with Crippen LogP contribution in [0.4, 0.5) is 5.13 Å². The fourth-order valence-electron chi connectivity index (χ4n) is 3.12. The number of benzene rings is 2. The number of nitrogens with one attached hydrogen (secondary N) is 1. The van der Waals surface area contributed by atoms with Gasteiger partial charge in [-0.05, 0) is 19.9 Å². The van der Waals surface area contributed by atoms with Gasteiger partial charge in [-0.3, -0.25) is 4.79 Å². The Kier molecular flexibility index (Phi) is 7.66. The van der Waals surface area contributed by atoms with Crippen LogP contribution >= 0.6 is 23.1 Å². The van der Waals surface area contributed by atoms with Crippen molar-refractivity contribution < 1.29 is 14.3 Å². The average molecular weight is 491 g/mol. The van der Waals surface area contributed by atoms with Gasteiger partial charge in [-0.15, -0.1) is 0 Å². The lowest BCUT2D eigenvalue weighted by atomic mass is 10.1. The van der Waals surface area contributed by atoms with Crippen LogP contribution in [0.1, 0.15) is 22.3 Å². The molecule has 0 aliphatic carbocycles. The number of esters is 1. The van der Waals surface area contributed by atoms with E-state index in [-0.39, 0.29) is 18.3 Å². The van der Waals surface area contributed by atoms with Gasteiger partial charge in [0, 0.05) is 11.1 Å². The number of aryl methyl sites for hydroxylation is 1. The molecule has 0 unspecified atom stereocenters. The summed E-state index contributed by atoms with van der Waals surface area (Å²) in [4.78, 5) is 38.5. The number of carbonyl (C=O) groups is 2. The Bertz CT molecular complexity index is 1240. The molecule has 9 heteroatoms. The minimum atomic E-state index is -0.438. The molecule has 7 nitrogen and oxygen atoms in total. The number of aromatic nitrogens is 3. The Balaban J connectivity index is 1.50. The maximum Gasteiger partial charge on any atom is 0.350 e. The number of amides is 1. The molecule has 2 aromatic carbocycles. The third kappa shape index (κ3) is 5.86. The molecule has 2 heterocycles. The minimum absolute atomic E-state index is 0.0971. The number of thioether (sulfide) groups is 1. The second kappa shape index (κ2) is 11.0. The van der Waals surface area contributed by atoms with E-state index in [1.165, 1.54) is 11.8 Å². The molecule has 0 aliphatic rings. The molecule has 0 radical (unpaired) electrons. The van der Waals surface area contributed by atoms with Crippen LogP contribution in [0.2, 0.25) is 0 Å². The number of ether oxygens (including phenoxy) is 1. The molecule has 0 fully saturated rings. The van der Waals surface area contributed by atoms with Crippen molar-refractivity contribution in [1.29, 1.82) is 0 Å². The van der Waals surface area contributed by atoms with E-state index in [1.807, 2.05) is 66.7 Å². The summed E-state index contributed by atoms with van der Waals surface area (Å²) in [6, 6.07) is 21.7. The zero-order chi connectivity index (χ0) is 23.9. The van der Waals surface area contributed by atoms with E-state index in [1.54, 1.807) is 13.8 Å². The van der Waals surface area contributed by atoms with Gasteiger partial charge >= 0.3 is 5.97 Å². The van der Waals surface area contributed by atoms with E-state index in [9.17, 15) is 9.59 Å². The first-order valence-corrected chi connectivity index (χ1v) is 12.4. The van der Waals surface area contributed by atoms with Crippen LogP contribution < -0.4 is 5.32 Å². The monoisotopic (exact) mass is 490 g/mol. The third-order valence-electron chi connectivity index (χ3n) is 4.68. The van der Waals surface area contributed by atoms with E-state index >= 15 is 0 Å². The number of carbonyl (C=O) groups excluding carboxylic acids is 2. The first-order valence-electron chi connectivity index (χ1n) is 10.6. The standard InChI is InChI=1S/C25H22N4O3S2/c1-3-32-23(31)22-16(2)26-25(34-22)29-21(30)15-33-24-27-19(17-10-6-4-7-11-17)14-20(28-24)18-12-8-5-9-13-18/h4-14H,3,15H2,1-2H3,(H,26,29,30). The summed E-state index contributed by atoms with van der Waals surface area (Å²) in [5.41, 5.74) is 4.04. The van der Waals surface area contributed by atoms with Crippen LogP contribution in [0.5, 0.6) is 0 Å². The summed E-state index contributed by atoms with van der Waals surface area (Å²) >= 11 is 2.34. The van der Waals surface area contributed by atoms with E-state index in [0.29, 0.717) is 20.9 Å². The number of hydrogen-bond acceptors (Lipinski definition) is 8. The number of thiazole rings is 1. The first-order chi connectivity index (χ1) is 16.5. The van der Waals surface area contributed by atoms with Crippen LogP contribution in [0.3, 0.4) is 0 Å². The van der Waals surface area contributed by atoms with Crippen LogP contribution in [-0.4, -0.2) is 39.2 Å². The molecule has 2 aromatic heterocycles. The van der Waals surface area contributed by atoms with Crippen molar-refractivity contribution >= 4 is 40.1 Å². The lowest BCUT2D eigenvalue weighted by Crippen LogP contribution is -2.14. The number of nitrogens with zero attached hydrogens (tertiary/aromatic N) is 3.